The zero-order valence-electron chi connectivity index (χ0n) is 27.3. The maximum Gasteiger partial charge on any atom is 0.326 e. The second-order valence-corrected chi connectivity index (χ2v) is 16.2. The number of nitrogen functional groups attached to an aromatic ring is 1. The lowest BCUT2D eigenvalue weighted by molar-refractivity contribution is -0.155. The normalized spacial score (nSPS) is 26.4. The van der Waals surface area contributed by atoms with Gasteiger partial charge in [-0.05, 0) is 84.5 Å². The number of rotatable bonds is 13. The van der Waals surface area contributed by atoms with E-state index < -0.39 is 36.6 Å². The van der Waals surface area contributed by atoms with Gasteiger partial charge in [0.1, 0.15) is 41.5 Å². The zero-order chi connectivity index (χ0) is 32.4. The molecule has 0 saturated heterocycles. The highest BCUT2D eigenvalue weighted by atomic mass is 31.2. The van der Waals surface area contributed by atoms with Crippen LogP contribution >= 0.6 is 7.44 Å². The number of nitrogens with one attached hydrogen (secondary N) is 2. The minimum Gasteiger partial charge on any atom is -0.461 e. The monoisotopic (exact) mass is 635 g/mol. The van der Waals surface area contributed by atoms with Crippen LogP contribution in [0.3, 0.4) is 0 Å². The highest BCUT2D eigenvalue weighted by Gasteiger charge is 2.45. The summed E-state index contributed by atoms with van der Waals surface area (Å²) in [6, 6.07) is 0. The fourth-order valence-corrected chi connectivity index (χ4v) is 8.66. The first-order valence-corrected chi connectivity index (χ1v) is 17.5. The molecule has 0 aromatic carbocycles. The number of aromatic nitrogens is 4. The van der Waals surface area contributed by atoms with Gasteiger partial charge in [0.2, 0.25) is 7.44 Å². The smallest absolute Gasteiger partial charge is 0.326 e. The molecule has 246 valence electrons. The van der Waals surface area contributed by atoms with E-state index in [2.05, 4.69) is 45.9 Å². The average molecular weight is 636 g/mol. The van der Waals surface area contributed by atoms with Crippen LogP contribution in [0.2, 0.25) is 0 Å². The lowest BCUT2D eigenvalue weighted by Crippen LogP contribution is -2.54. The van der Waals surface area contributed by atoms with Gasteiger partial charge in [-0.2, -0.15) is 0 Å². The van der Waals surface area contributed by atoms with Crippen molar-refractivity contribution in [3.63, 3.8) is 0 Å². The number of hydrogen-bond donors (Lipinski definition) is 3. The van der Waals surface area contributed by atoms with Gasteiger partial charge in [-0.25, -0.2) is 25.1 Å². The molecule has 2 heterocycles. The zero-order valence-corrected chi connectivity index (χ0v) is 28.2. The summed E-state index contributed by atoms with van der Waals surface area (Å²) in [5, 5.41) is 6.02. The molecule has 2 saturated carbocycles. The van der Waals surface area contributed by atoms with Crippen LogP contribution < -0.4 is 15.9 Å². The fraction of sp³-hybridized carbons (Fsp3) is 0.767. The van der Waals surface area contributed by atoms with Gasteiger partial charge in [0.05, 0.1) is 19.0 Å². The molecule has 2 aliphatic carbocycles. The Kier molecular flexibility index (Phi) is 10.4. The summed E-state index contributed by atoms with van der Waals surface area (Å²) in [6.45, 7) is 15.1. The lowest BCUT2D eigenvalue weighted by Gasteiger charge is -2.36. The number of esters is 2. The summed E-state index contributed by atoms with van der Waals surface area (Å²) in [4.78, 5) is 39.2. The number of nitrogens with two attached hydrogens (primary N) is 1. The molecular formula is C30H50N7O6P. The molecule has 2 fully saturated rings. The number of carbonyl (C=O) groups excluding carboxylic acids is 2. The van der Waals surface area contributed by atoms with Gasteiger partial charge >= 0.3 is 11.9 Å². The summed E-state index contributed by atoms with van der Waals surface area (Å²) in [5.41, 5.74) is 4.27. The second-order valence-electron chi connectivity index (χ2n) is 14.0. The van der Waals surface area contributed by atoms with Crippen molar-refractivity contribution in [1.82, 2.24) is 29.7 Å². The average Bonchev–Trinajstić information content (AvgIpc) is 3.61. The van der Waals surface area contributed by atoms with Gasteiger partial charge in [0.15, 0.2) is 11.5 Å². The van der Waals surface area contributed by atoms with E-state index in [1.165, 1.54) is 6.33 Å². The number of nitrogens with zero attached hydrogens (tertiary/aromatic N) is 4. The van der Waals surface area contributed by atoms with Crippen molar-refractivity contribution < 1.29 is 28.4 Å². The van der Waals surface area contributed by atoms with Crippen molar-refractivity contribution in [3.05, 3.63) is 12.7 Å². The third-order valence-electron chi connectivity index (χ3n) is 8.80. The van der Waals surface area contributed by atoms with E-state index in [0.29, 0.717) is 35.5 Å². The van der Waals surface area contributed by atoms with E-state index in [1.54, 1.807) is 38.6 Å². The molecule has 13 nitrogen and oxygen atoms in total. The van der Waals surface area contributed by atoms with Crippen LogP contribution in [0.25, 0.3) is 11.2 Å². The standard InChI is InChI=1S/C30H50N7O6P/c1-18-9-10-22(11-18)42-27(38)29(5,6)35-44(40,36-30(7,8)28(39)43-23-12-19(2)20(3)13-23)17-41-21(4)14-37-16-34-24-25(31)32-15-33-26(24)37/h15-16,18-23H,9-14,17H2,1-8H3,(H2,31,32,33)(H2,35,36,40)/t18-,19-,20+,21-,22+,23?,44?/m1/s1. The van der Waals surface area contributed by atoms with Crippen molar-refractivity contribution in [2.24, 2.45) is 17.8 Å². The number of ether oxygens (including phenoxy) is 3. The number of hydrogen-bond acceptors (Lipinski definition) is 10. The Bertz CT molecular complexity index is 1370. The molecule has 0 bridgehead atoms. The topological polar surface area (TPSA) is 173 Å². The minimum absolute atomic E-state index is 0.173. The van der Waals surface area contributed by atoms with Crippen LogP contribution in [-0.4, -0.2) is 67.2 Å². The maximum atomic E-state index is 14.6. The number of carbonyl (C=O) groups is 2. The molecule has 44 heavy (non-hydrogen) atoms. The predicted molar refractivity (Wildman–Crippen MR) is 168 cm³/mol. The number of imidazole rings is 1. The second kappa shape index (κ2) is 13.4. The SMILES string of the molecule is C[C@@H]1CC[C@H](OC(=O)C(C)(C)NP(=O)(CO[C@H](C)Cn2cnc3c(N)ncnc32)NC(C)(C)C(=O)OC2C[C@@H](C)[C@@H](C)C2)C1. The van der Waals surface area contributed by atoms with E-state index in [1.807, 2.05) is 6.92 Å². The first kappa shape index (κ1) is 34.3. The highest BCUT2D eigenvalue weighted by molar-refractivity contribution is 7.59. The maximum absolute atomic E-state index is 14.6. The number of fused-ring (bicyclic) bond motifs is 1. The Morgan fingerprint density at radius 3 is 2.14 bits per heavy atom. The van der Waals surface area contributed by atoms with E-state index >= 15 is 0 Å². The van der Waals surface area contributed by atoms with Crippen molar-refractivity contribution in [1.29, 1.82) is 0 Å². The Balaban J connectivity index is 1.48. The van der Waals surface area contributed by atoms with E-state index in [9.17, 15) is 14.2 Å². The molecule has 4 N–H and O–H groups in total. The molecular weight excluding hydrogens is 585 g/mol. The molecule has 2 unspecified atom stereocenters. The van der Waals surface area contributed by atoms with E-state index in [0.717, 1.165) is 32.1 Å². The summed E-state index contributed by atoms with van der Waals surface area (Å²) in [7, 11) is -3.79. The van der Waals surface area contributed by atoms with E-state index in [4.69, 9.17) is 19.9 Å². The summed E-state index contributed by atoms with van der Waals surface area (Å²) >= 11 is 0. The van der Waals surface area contributed by atoms with Crippen molar-refractivity contribution in [2.75, 3.05) is 12.1 Å². The Morgan fingerprint density at radius 1 is 0.977 bits per heavy atom. The van der Waals surface area contributed by atoms with Gasteiger partial charge in [-0.1, -0.05) is 20.8 Å². The molecule has 2 aromatic heterocycles. The molecule has 7 atom stereocenters. The first-order valence-electron chi connectivity index (χ1n) is 15.6. The molecule has 2 aliphatic rings. The highest BCUT2D eigenvalue weighted by Crippen LogP contribution is 2.43. The van der Waals surface area contributed by atoms with Crippen LogP contribution in [-0.2, 0) is 34.9 Å². The molecule has 0 aliphatic heterocycles. The van der Waals surface area contributed by atoms with Gasteiger partial charge in [-0.15, -0.1) is 0 Å². The van der Waals surface area contributed by atoms with E-state index in [-0.39, 0.29) is 24.4 Å². The molecule has 4 rings (SSSR count). The molecule has 0 radical (unpaired) electrons. The third kappa shape index (κ3) is 8.35. The van der Waals surface area contributed by atoms with Crippen molar-refractivity contribution >= 4 is 36.4 Å². The first-order chi connectivity index (χ1) is 20.5. The van der Waals surface area contributed by atoms with Gasteiger partial charge in [-0.3, -0.25) is 14.2 Å². The van der Waals surface area contributed by atoms with Gasteiger partial charge < -0.3 is 24.5 Å². The number of anilines is 1. The van der Waals surface area contributed by atoms with Crippen LogP contribution in [0.5, 0.6) is 0 Å². The molecule has 14 heteroatoms. The molecule has 0 amide bonds. The quantitative estimate of drug-likeness (QED) is 0.209. The summed E-state index contributed by atoms with van der Waals surface area (Å²) in [5.74, 6) is 0.648. The lowest BCUT2D eigenvalue weighted by atomic mass is 10.0. The summed E-state index contributed by atoms with van der Waals surface area (Å²) < 4.78 is 34.2. The minimum atomic E-state index is -3.79. The predicted octanol–water partition coefficient (Wildman–Crippen LogP) is 4.41. The molecule has 2 aromatic rings. The van der Waals surface area contributed by atoms with Crippen LogP contribution in [0.1, 0.15) is 87.5 Å². The van der Waals surface area contributed by atoms with Crippen LogP contribution in [0.4, 0.5) is 5.82 Å². The molecule has 0 spiro atoms. The Morgan fingerprint density at radius 2 is 1.57 bits per heavy atom. The summed E-state index contributed by atoms with van der Waals surface area (Å²) in [6.07, 6.45) is 6.00. The Hall–Kier alpha value is -2.60. The van der Waals surface area contributed by atoms with Crippen LogP contribution in [0, 0.1) is 17.8 Å². The van der Waals surface area contributed by atoms with Crippen molar-refractivity contribution in [2.45, 2.75) is 123 Å². The van der Waals surface area contributed by atoms with Crippen molar-refractivity contribution in [3.8, 4) is 0 Å². The Labute approximate surface area is 260 Å². The van der Waals surface area contributed by atoms with Gasteiger partial charge in [0.25, 0.3) is 0 Å². The fourth-order valence-electron chi connectivity index (χ4n) is 6.03. The largest absolute Gasteiger partial charge is 0.461 e. The van der Waals surface area contributed by atoms with Crippen LogP contribution in [0.15, 0.2) is 12.7 Å². The third-order valence-corrected chi connectivity index (χ3v) is 11.2. The van der Waals surface area contributed by atoms with Gasteiger partial charge in [0, 0.05) is 0 Å².